The SMILES string of the molecule is COCC(CCO)NC1CCCCC1C. The maximum absolute atomic E-state index is 8.96. The molecule has 3 atom stereocenters. The summed E-state index contributed by atoms with van der Waals surface area (Å²) in [7, 11) is 1.72. The third-order valence-electron chi connectivity index (χ3n) is 3.41. The lowest BCUT2D eigenvalue weighted by Crippen LogP contribution is -2.45. The van der Waals surface area contributed by atoms with Crippen molar-refractivity contribution in [2.45, 2.75) is 51.1 Å². The topological polar surface area (TPSA) is 41.5 Å². The Bertz CT molecular complexity index is 158. The molecule has 2 N–H and O–H groups in total. The van der Waals surface area contributed by atoms with Crippen molar-refractivity contribution in [3.63, 3.8) is 0 Å². The minimum Gasteiger partial charge on any atom is -0.396 e. The van der Waals surface area contributed by atoms with Crippen molar-refractivity contribution in [1.29, 1.82) is 0 Å². The minimum absolute atomic E-state index is 0.238. The molecule has 0 aromatic heterocycles. The zero-order chi connectivity index (χ0) is 11.1. The zero-order valence-corrected chi connectivity index (χ0v) is 10.0. The summed E-state index contributed by atoms with van der Waals surface area (Å²) in [5.74, 6) is 0.761. The average molecular weight is 215 g/mol. The molecule has 0 amide bonds. The molecule has 1 aliphatic carbocycles. The zero-order valence-electron chi connectivity index (χ0n) is 10.0. The van der Waals surface area contributed by atoms with Gasteiger partial charge in [-0.3, -0.25) is 0 Å². The van der Waals surface area contributed by atoms with Gasteiger partial charge in [-0.2, -0.15) is 0 Å². The Labute approximate surface area is 93.2 Å². The van der Waals surface area contributed by atoms with E-state index in [0.717, 1.165) is 12.3 Å². The molecule has 1 saturated carbocycles. The number of hydrogen-bond acceptors (Lipinski definition) is 3. The summed E-state index contributed by atoms with van der Waals surface area (Å²) in [6.07, 6.45) is 6.09. The van der Waals surface area contributed by atoms with Crippen LogP contribution in [0.3, 0.4) is 0 Å². The van der Waals surface area contributed by atoms with Gasteiger partial charge in [-0.05, 0) is 25.2 Å². The highest BCUT2D eigenvalue weighted by atomic mass is 16.5. The van der Waals surface area contributed by atoms with Gasteiger partial charge >= 0.3 is 0 Å². The number of aliphatic hydroxyl groups excluding tert-OH is 1. The van der Waals surface area contributed by atoms with E-state index < -0.39 is 0 Å². The van der Waals surface area contributed by atoms with Gasteiger partial charge in [-0.15, -0.1) is 0 Å². The lowest BCUT2D eigenvalue weighted by atomic mass is 9.85. The molecule has 90 valence electrons. The summed E-state index contributed by atoms with van der Waals surface area (Å²) in [6, 6.07) is 0.927. The van der Waals surface area contributed by atoms with Crippen LogP contribution >= 0.6 is 0 Å². The Kier molecular flexibility index (Phi) is 6.22. The number of methoxy groups -OCH3 is 1. The van der Waals surface area contributed by atoms with E-state index in [1.165, 1.54) is 25.7 Å². The summed E-state index contributed by atoms with van der Waals surface area (Å²) in [6.45, 7) is 3.26. The lowest BCUT2D eigenvalue weighted by Gasteiger charge is -2.33. The van der Waals surface area contributed by atoms with Crippen LogP contribution in [0.5, 0.6) is 0 Å². The number of aliphatic hydroxyl groups is 1. The first-order valence-electron chi connectivity index (χ1n) is 6.13. The predicted molar refractivity (Wildman–Crippen MR) is 61.9 cm³/mol. The molecule has 0 radical (unpaired) electrons. The standard InChI is InChI=1S/C12H25NO2/c1-10-5-3-4-6-12(10)13-11(7-8-14)9-15-2/h10-14H,3-9H2,1-2H3. The van der Waals surface area contributed by atoms with Crippen molar-refractivity contribution in [3.05, 3.63) is 0 Å². The summed E-state index contributed by atoms with van der Waals surface area (Å²) in [5, 5.41) is 12.6. The predicted octanol–water partition coefficient (Wildman–Crippen LogP) is 1.55. The maximum Gasteiger partial charge on any atom is 0.0616 e. The van der Waals surface area contributed by atoms with E-state index in [1.54, 1.807) is 7.11 Å². The highest BCUT2D eigenvalue weighted by molar-refractivity contribution is 4.81. The van der Waals surface area contributed by atoms with Gasteiger partial charge in [0.1, 0.15) is 0 Å². The fourth-order valence-electron chi connectivity index (χ4n) is 2.44. The Morgan fingerprint density at radius 2 is 2.13 bits per heavy atom. The van der Waals surface area contributed by atoms with Crippen molar-refractivity contribution in [1.82, 2.24) is 5.32 Å². The van der Waals surface area contributed by atoms with Gasteiger partial charge in [0.05, 0.1) is 6.61 Å². The quantitative estimate of drug-likeness (QED) is 0.706. The fourth-order valence-corrected chi connectivity index (χ4v) is 2.44. The molecular weight excluding hydrogens is 190 g/mol. The second-order valence-corrected chi connectivity index (χ2v) is 4.70. The second kappa shape index (κ2) is 7.20. The maximum atomic E-state index is 8.96. The van der Waals surface area contributed by atoms with Crippen LogP contribution in [0, 0.1) is 5.92 Å². The molecule has 0 saturated heterocycles. The third-order valence-corrected chi connectivity index (χ3v) is 3.41. The molecule has 3 nitrogen and oxygen atoms in total. The van der Waals surface area contributed by atoms with E-state index >= 15 is 0 Å². The van der Waals surface area contributed by atoms with E-state index in [9.17, 15) is 0 Å². The summed E-state index contributed by atoms with van der Waals surface area (Å²) < 4.78 is 5.16. The molecule has 3 heteroatoms. The van der Waals surface area contributed by atoms with E-state index in [2.05, 4.69) is 12.2 Å². The monoisotopic (exact) mass is 215 g/mol. The Morgan fingerprint density at radius 1 is 1.40 bits per heavy atom. The summed E-state index contributed by atoms with van der Waals surface area (Å²) >= 11 is 0. The van der Waals surface area contributed by atoms with Gasteiger partial charge in [0.2, 0.25) is 0 Å². The van der Waals surface area contributed by atoms with Gasteiger partial charge in [0.25, 0.3) is 0 Å². The van der Waals surface area contributed by atoms with Crippen LogP contribution in [0.4, 0.5) is 0 Å². The molecule has 0 heterocycles. The van der Waals surface area contributed by atoms with Crippen LogP contribution in [-0.4, -0.2) is 37.5 Å². The average Bonchev–Trinajstić information content (AvgIpc) is 2.22. The molecular formula is C12H25NO2. The molecule has 0 aromatic carbocycles. The molecule has 0 bridgehead atoms. The summed E-state index contributed by atoms with van der Waals surface area (Å²) in [4.78, 5) is 0. The van der Waals surface area contributed by atoms with Gasteiger partial charge in [0, 0.05) is 25.8 Å². The van der Waals surface area contributed by atoms with Gasteiger partial charge in [-0.25, -0.2) is 0 Å². The second-order valence-electron chi connectivity index (χ2n) is 4.70. The minimum atomic E-state index is 0.238. The smallest absolute Gasteiger partial charge is 0.0616 e. The number of rotatable bonds is 6. The number of ether oxygens (including phenoxy) is 1. The molecule has 3 unspecified atom stereocenters. The first-order chi connectivity index (χ1) is 7.27. The summed E-state index contributed by atoms with van der Waals surface area (Å²) in [5.41, 5.74) is 0. The Hall–Kier alpha value is -0.120. The van der Waals surface area contributed by atoms with Crippen LogP contribution in [0.1, 0.15) is 39.0 Å². The molecule has 0 aliphatic heterocycles. The van der Waals surface area contributed by atoms with E-state index in [4.69, 9.17) is 9.84 Å². The van der Waals surface area contributed by atoms with Crippen LogP contribution in [0.15, 0.2) is 0 Å². The van der Waals surface area contributed by atoms with Crippen molar-refractivity contribution >= 4 is 0 Å². The van der Waals surface area contributed by atoms with Crippen molar-refractivity contribution in [3.8, 4) is 0 Å². The number of nitrogens with one attached hydrogen (secondary N) is 1. The highest BCUT2D eigenvalue weighted by Crippen LogP contribution is 2.24. The molecule has 1 aliphatic rings. The first-order valence-corrected chi connectivity index (χ1v) is 6.13. The van der Waals surface area contributed by atoms with Crippen molar-refractivity contribution in [2.24, 2.45) is 5.92 Å². The molecule has 1 rings (SSSR count). The van der Waals surface area contributed by atoms with Crippen LogP contribution < -0.4 is 5.32 Å². The van der Waals surface area contributed by atoms with Gasteiger partial charge < -0.3 is 15.2 Å². The lowest BCUT2D eigenvalue weighted by molar-refractivity contribution is 0.130. The van der Waals surface area contributed by atoms with E-state index in [-0.39, 0.29) is 6.61 Å². The molecule has 15 heavy (non-hydrogen) atoms. The van der Waals surface area contributed by atoms with Crippen LogP contribution in [0.2, 0.25) is 0 Å². The third kappa shape index (κ3) is 4.49. The Balaban J connectivity index is 2.33. The molecule has 1 fully saturated rings. The normalized spacial score (nSPS) is 29.0. The highest BCUT2D eigenvalue weighted by Gasteiger charge is 2.23. The molecule has 0 aromatic rings. The largest absolute Gasteiger partial charge is 0.396 e. The fraction of sp³-hybridized carbons (Fsp3) is 1.00. The Morgan fingerprint density at radius 3 is 2.73 bits per heavy atom. The number of hydrogen-bond donors (Lipinski definition) is 2. The van der Waals surface area contributed by atoms with Crippen molar-refractivity contribution in [2.75, 3.05) is 20.3 Å². The van der Waals surface area contributed by atoms with E-state index in [0.29, 0.717) is 18.7 Å². The van der Waals surface area contributed by atoms with Crippen LogP contribution in [-0.2, 0) is 4.74 Å². The van der Waals surface area contributed by atoms with E-state index in [1.807, 2.05) is 0 Å². The van der Waals surface area contributed by atoms with Crippen molar-refractivity contribution < 1.29 is 9.84 Å². The molecule has 0 spiro atoms. The van der Waals surface area contributed by atoms with Gasteiger partial charge in [0.15, 0.2) is 0 Å². The van der Waals surface area contributed by atoms with Crippen LogP contribution in [0.25, 0.3) is 0 Å². The first kappa shape index (κ1) is 12.9. The van der Waals surface area contributed by atoms with Gasteiger partial charge in [-0.1, -0.05) is 19.8 Å².